The van der Waals surface area contributed by atoms with E-state index < -0.39 is 28.2 Å². The number of ether oxygens (including phenoxy) is 2. The lowest BCUT2D eigenvalue weighted by atomic mass is 10.1. The van der Waals surface area contributed by atoms with Crippen LogP contribution < -0.4 is 5.73 Å². The van der Waals surface area contributed by atoms with Crippen LogP contribution in [0.15, 0.2) is 18.2 Å². The van der Waals surface area contributed by atoms with Gasteiger partial charge in [-0.15, -0.1) is 0 Å². The summed E-state index contributed by atoms with van der Waals surface area (Å²) >= 11 is 0. The van der Waals surface area contributed by atoms with Gasteiger partial charge < -0.3 is 15.2 Å². The number of non-ortho nitro benzene ring substituents is 1. The van der Waals surface area contributed by atoms with Gasteiger partial charge >= 0.3 is 12.1 Å². The number of nitrogen functional groups attached to an aromatic ring is 1. The molecule has 1 aromatic carbocycles. The molecule has 0 unspecified atom stereocenters. The lowest BCUT2D eigenvalue weighted by Crippen LogP contribution is -2.41. The van der Waals surface area contributed by atoms with E-state index in [1.807, 2.05) is 0 Å². The fourth-order valence-electron chi connectivity index (χ4n) is 2.04. The van der Waals surface area contributed by atoms with Gasteiger partial charge in [0.2, 0.25) is 0 Å². The fourth-order valence-corrected chi connectivity index (χ4v) is 2.04. The van der Waals surface area contributed by atoms with Crippen molar-refractivity contribution in [2.24, 2.45) is 0 Å². The van der Waals surface area contributed by atoms with Gasteiger partial charge in [-0.2, -0.15) is 0 Å². The van der Waals surface area contributed by atoms with Crippen LogP contribution in [0.2, 0.25) is 0 Å². The van der Waals surface area contributed by atoms with Crippen molar-refractivity contribution in [3.05, 3.63) is 33.9 Å². The minimum Gasteiger partial charge on any atom is -0.459 e. The van der Waals surface area contributed by atoms with E-state index in [1.54, 1.807) is 41.5 Å². The van der Waals surface area contributed by atoms with Gasteiger partial charge in [0.1, 0.15) is 17.7 Å². The van der Waals surface area contributed by atoms with Gasteiger partial charge in [-0.1, -0.05) is 11.8 Å². The Hall–Kier alpha value is -3.28. The predicted octanol–water partition coefficient (Wildman–Crippen LogP) is 3.11. The van der Waals surface area contributed by atoms with Gasteiger partial charge in [0, 0.05) is 17.8 Å². The maximum atomic E-state index is 12.4. The molecule has 1 amide bonds. The third-order valence-corrected chi connectivity index (χ3v) is 3.13. The summed E-state index contributed by atoms with van der Waals surface area (Å²) in [6.07, 6.45) is -0.732. The maximum absolute atomic E-state index is 12.4. The number of carbonyl (C=O) groups excluding carboxylic acids is 2. The van der Waals surface area contributed by atoms with E-state index in [1.165, 1.54) is 18.2 Å². The van der Waals surface area contributed by atoms with Gasteiger partial charge in [0.05, 0.1) is 17.0 Å². The SMILES string of the molecule is CC(C)(C)OC(=O)CN(CC#Cc1cc([N+](=O)[O-])ccc1N)C(=O)OC(C)(C)C. The highest BCUT2D eigenvalue weighted by atomic mass is 16.6. The lowest BCUT2D eigenvalue weighted by Gasteiger charge is -2.27. The van der Waals surface area contributed by atoms with E-state index >= 15 is 0 Å². The Bertz CT molecular complexity index is 840. The Balaban J connectivity index is 3.03. The zero-order valence-electron chi connectivity index (χ0n) is 17.6. The molecule has 0 saturated heterocycles. The van der Waals surface area contributed by atoms with Crippen molar-refractivity contribution in [1.82, 2.24) is 4.90 Å². The Labute approximate surface area is 170 Å². The first-order chi connectivity index (χ1) is 13.2. The molecule has 9 nitrogen and oxygen atoms in total. The largest absolute Gasteiger partial charge is 0.459 e. The van der Waals surface area contributed by atoms with E-state index in [4.69, 9.17) is 15.2 Å². The number of carbonyl (C=O) groups is 2. The quantitative estimate of drug-likeness (QED) is 0.268. The Morgan fingerprint density at radius 1 is 1.14 bits per heavy atom. The smallest absolute Gasteiger partial charge is 0.411 e. The summed E-state index contributed by atoms with van der Waals surface area (Å²) in [5.74, 6) is 4.79. The van der Waals surface area contributed by atoms with Crippen LogP contribution in [0.1, 0.15) is 47.1 Å². The molecule has 29 heavy (non-hydrogen) atoms. The number of nitrogens with two attached hydrogens (primary N) is 1. The minimum atomic E-state index is -0.763. The molecule has 0 bridgehead atoms. The average Bonchev–Trinajstić information content (AvgIpc) is 2.51. The van der Waals surface area contributed by atoms with Crippen molar-refractivity contribution in [3.63, 3.8) is 0 Å². The maximum Gasteiger partial charge on any atom is 0.411 e. The molecule has 0 aliphatic rings. The molecule has 0 atom stereocenters. The number of esters is 1. The monoisotopic (exact) mass is 405 g/mol. The number of nitrogens with zero attached hydrogens (tertiary/aromatic N) is 2. The number of benzene rings is 1. The molecule has 1 rings (SSSR count). The molecule has 0 spiro atoms. The number of nitro benzene ring substituents is 1. The molecule has 0 aromatic heterocycles. The second-order valence-electron chi connectivity index (χ2n) is 8.25. The van der Waals surface area contributed by atoms with Crippen LogP contribution in [0.25, 0.3) is 0 Å². The average molecular weight is 405 g/mol. The van der Waals surface area contributed by atoms with E-state index in [-0.39, 0.29) is 30.0 Å². The Kier molecular flexibility index (Phi) is 7.60. The van der Waals surface area contributed by atoms with Gasteiger partial charge in [-0.3, -0.25) is 19.8 Å². The second-order valence-corrected chi connectivity index (χ2v) is 8.25. The van der Waals surface area contributed by atoms with Crippen LogP contribution in [0.5, 0.6) is 0 Å². The normalized spacial score (nSPS) is 11.1. The Morgan fingerprint density at radius 2 is 1.72 bits per heavy atom. The van der Waals surface area contributed by atoms with Gasteiger partial charge in [0.25, 0.3) is 5.69 Å². The van der Waals surface area contributed by atoms with Crippen molar-refractivity contribution in [2.75, 3.05) is 18.8 Å². The molecular weight excluding hydrogens is 378 g/mol. The lowest BCUT2D eigenvalue weighted by molar-refractivity contribution is -0.384. The highest BCUT2D eigenvalue weighted by Gasteiger charge is 2.26. The van der Waals surface area contributed by atoms with Crippen molar-refractivity contribution < 1.29 is 24.0 Å². The first-order valence-electron chi connectivity index (χ1n) is 8.90. The molecular formula is C20H27N3O6. The molecule has 2 N–H and O–H groups in total. The second kappa shape index (κ2) is 9.28. The summed E-state index contributed by atoms with van der Waals surface area (Å²) in [5, 5.41) is 10.9. The van der Waals surface area contributed by atoms with Crippen molar-refractivity contribution >= 4 is 23.4 Å². The van der Waals surface area contributed by atoms with Gasteiger partial charge in [-0.05, 0) is 47.6 Å². The van der Waals surface area contributed by atoms with E-state index in [2.05, 4.69) is 11.8 Å². The molecule has 9 heteroatoms. The minimum absolute atomic E-state index is 0.152. The number of nitro groups is 1. The van der Waals surface area contributed by atoms with Crippen LogP contribution in [0.4, 0.5) is 16.2 Å². The topological polar surface area (TPSA) is 125 Å². The van der Waals surface area contributed by atoms with Gasteiger partial charge in [0.15, 0.2) is 0 Å². The third-order valence-electron chi connectivity index (χ3n) is 3.13. The number of rotatable bonds is 4. The number of amides is 1. The molecule has 0 radical (unpaired) electrons. The first-order valence-corrected chi connectivity index (χ1v) is 8.90. The Morgan fingerprint density at radius 3 is 2.24 bits per heavy atom. The summed E-state index contributed by atoms with van der Waals surface area (Å²) < 4.78 is 10.5. The van der Waals surface area contributed by atoms with Crippen LogP contribution in [0, 0.1) is 22.0 Å². The van der Waals surface area contributed by atoms with E-state index in [9.17, 15) is 19.7 Å². The summed E-state index contributed by atoms with van der Waals surface area (Å²) in [6, 6.07) is 3.90. The molecule has 0 heterocycles. The standard InChI is InChI=1S/C20H27N3O6/c1-19(2,3)28-17(24)13-22(18(25)29-20(4,5)6)11-7-8-14-12-15(23(26)27)9-10-16(14)21/h9-10,12H,11,13,21H2,1-6H3. The van der Waals surface area contributed by atoms with Gasteiger partial charge in [-0.25, -0.2) is 4.79 Å². The summed E-state index contributed by atoms with van der Waals surface area (Å²) in [5.41, 5.74) is 4.69. The molecule has 0 aliphatic carbocycles. The number of hydrogen-bond donors (Lipinski definition) is 1. The summed E-state index contributed by atoms with van der Waals surface area (Å²) in [7, 11) is 0. The molecule has 0 fully saturated rings. The summed E-state index contributed by atoms with van der Waals surface area (Å²) in [4.78, 5) is 36.0. The number of hydrogen-bond acceptors (Lipinski definition) is 7. The van der Waals surface area contributed by atoms with Crippen LogP contribution in [0.3, 0.4) is 0 Å². The zero-order valence-corrected chi connectivity index (χ0v) is 17.6. The van der Waals surface area contributed by atoms with Crippen LogP contribution >= 0.6 is 0 Å². The van der Waals surface area contributed by atoms with E-state index in [0.29, 0.717) is 0 Å². The summed E-state index contributed by atoms with van der Waals surface area (Å²) in [6.45, 7) is 9.74. The van der Waals surface area contributed by atoms with Crippen molar-refractivity contribution in [2.45, 2.75) is 52.7 Å². The van der Waals surface area contributed by atoms with E-state index in [0.717, 1.165) is 4.90 Å². The number of anilines is 1. The predicted molar refractivity (Wildman–Crippen MR) is 108 cm³/mol. The fraction of sp³-hybridized carbons (Fsp3) is 0.500. The zero-order chi connectivity index (χ0) is 22.4. The first kappa shape index (κ1) is 23.8. The van der Waals surface area contributed by atoms with Crippen molar-refractivity contribution in [3.8, 4) is 11.8 Å². The highest BCUT2D eigenvalue weighted by Crippen LogP contribution is 2.18. The molecule has 158 valence electrons. The van der Waals surface area contributed by atoms with Crippen LogP contribution in [-0.4, -0.2) is 46.2 Å². The van der Waals surface area contributed by atoms with Crippen molar-refractivity contribution in [1.29, 1.82) is 0 Å². The highest BCUT2D eigenvalue weighted by molar-refractivity contribution is 5.78. The molecule has 0 aliphatic heterocycles. The molecule has 0 saturated carbocycles. The third kappa shape index (κ3) is 8.97. The molecule has 1 aromatic rings. The van der Waals surface area contributed by atoms with Crippen LogP contribution in [-0.2, 0) is 14.3 Å².